The van der Waals surface area contributed by atoms with Crippen molar-refractivity contribution in [3.63, 3.8) is 0 Å². The second-order valence-electron chi connectivity index (χ2n) is 9.57. The molecule has 2 N–H and O–H groups in total. The van der Waals surface area contributed by atoms with Crippen LogP contribution in [0, 0.1) is 11.8 Å². The van der Waals surface area contributed by atoms with E-state index in [1.807, 2.05) is 17.1 Å². The third kappa shape index (κ3) is 5.05. The fraction of sp³-hybridized carbons (Fsp3) is 0.560. The van der Waals surface area contributed by atoms with Gasteiger partial charge in [-0.2, -0.15) is 0 Å². The van der Waals surface area contributed by atoms with Gasteiger partial charge in [0.05, 0.1) is 37.1 Å². The van der Waals surface area contributed by atoms with Crippen LogP contribution in [0.3, 0.4) is 0 Å². The second-order valence-corrected chi connectivity index (χ2v) is 9.57. The van der Waals surface area contributed by atoms with Crippen molar-refractivity contribution in [1.82, 2.24) is 15.4 Å². The number of aromatic nitrogens is 2. The summed E-state index contributed by atoms with van der Waals surface area (Å²) in [7, 11) is 0. The lowest BCUT2D eigenvalue weighted by Crippen LogP contribution is -2.37. The minimum absolute atomic E-state index is 0.0376. The van der Waals surface area contributed by atoms with Crippen LogP contribution in [-0.2, 0) is 9.47 Å². The smallest absolute Gasteiger partial charge is 0.354 e. The molecule has 1 unspecified atom stereocenters. The topological polar surface area (TPSA) is 109 Å². The number of aromatic carboxylic acids is 1. The van der Waals surface area contributed by atoms with Gasteiger partial charge in [-0.15, -0.1) is 0 Å². The first kappa shape index (κ1) is 23.8. The summed E-state index contributed by atoms with van der Waals surface area (Å²) in [5.74, 6) is 1.52. The SMILES string of the molecule is CC(C)C1NN(c2ccnc(N3CCOCC3)c2)c2nc(C(=O)O)cc(OCC3CCOCC3)c21. The molecule has 2 aromatic heterocycles. The molecule has 1 atom stereocenters. The number of nitrogens with one attached hydrogen (secondary N) is 1. The molecule has 188 valence electrons. The lowest BCUT2D eigenvalue weighted by molar-refractivity contribution is 0.0495. The number of nitrogens with zero attached hydrogens (tertiary/aromatic N) is 4. The van der Waals surface area contributed by atoms with Gasteiger partial charge in [0.1, 0.15) is 11.6 Å². The number of fused-ring (bicyclic) bond motifs is 1. The van der Waals surface area contributed by atoms with Crippen LogP contribution in [0.25, 0.3) is 0 Å². The number of rotatable bonds is 7. The van der Waals surface area contributed by atoms with E-state index in [-0.39, 0.29) is 17.7 Å². The third-order valence-corrected chi connectivity index (χ3v) is 6.82. The molecule has 0 saturated carbocycles. The first-order valence-corrected chi connectivity index (χ1v) is 12.3. The maximum absolute atomic E-state index is 12.0. The Morgan fingerprint density at radius 3 is 2.66 bits per heavy atom. The van der Waals surface area contributed by atoms with Gasteiger partial charge in [-0.25, -0.2) is 20.2 Å². The van der Waals surface area contributed by atoms with Gasteiger partial charge in [0.25, 0.3) is 0 Å². The summed E-state index contributed by atoms with van der Waals surface area (Å²) in [6, 6.07) is 5.39. The highest BCUT2D eigenvalue weighted by molar-refractivity contribution is 5.87. The van der Waals surface area contributed by atoms with Crippen molar-refractivity contribution in [2.75, 3.05) is 56.0 Å². The van der Waals surface area contributed by atoms with Gasteiger partial charge in [-0.05, 0) is 30.7 Å². The molecule has 2 fully saturated rings. The van der Waals surface area contributed by atoms with E-state index in [0.717, 1.165) is 56.2 Å². The Hall–Kier alpha value is -2.95. The monoisotopic (exact) mass is 483 g/mol. The zero-order valence-electron chi connectivity index (χ0n) is 20.3. The van der Waals surface area contributed by atoms with Crippen LogP contribution < -0.4 is 20.1 Å². The van der Waals surface area contributed by atoms with E-state index in [2.05, 4.69) is 34.1 Å². The van der Waals surface area contributed by atoms with E-state index >= 15 is 0 Å². The average molecular weight is 484 g/mol. The quantitative estimate of drug-likeness (QED) is 0.609. The van der Waals surface area contributed by atoms with Crippen LogP contribution in [0.2, 0.25) is 0 Å². The number of hydrogen-bond acceptors (Lipinski definition) is 9. The number of pyridine rings is 2. The Kier molecular flexibility index (Phi) is 7.03. The van der Waals surface area contributed by atoms with Crippen LogP contribution in [0.15, 0.2) is 24.4 Å². The first-order valence-electron chi connectivity index (χ1n) is 12.3. The molecule has 0 aliphatic carbocycles. The highest BCUT2D eigenvalue weighted by atomic mass is 16.5. The van der Waals surface area contributed by atoms with E-state index < -0.39 is 5.97 Å². The average Bonchev–Trinajstić information content (AvgIpc) is 3.29. The van der Waals surface area contributed by atoms with Crippen molar-refractivity contribution in [1.29, 1.82) is 0 Å². The Labute approximate surface area is 205 Å². The summed E-state index contributed by atoms with van der Waals surface area (Å²) >= 11 is 0. The van der Waals surface area contributed by atoms with Crippen molar-refractivity contribution in [2.24, 2.45) is 11.8 Å². The Morgan fingerprint density at radius 2 is 1.94 bits per heavy atom. The van der Waals surface area contributed by atoms with Crippen molar-refractivity contribution < 1.29 is 24.1 Å². The highest BCUT2D eigenvalue weighted by Gasteiger charge is 2.37. The minimum Gasteiger partial charge on any atom is -0.493 e. The summed E-state index contributed by atoms with van der Waals surface area (Å²) in [6.45, 7) is 9.16. The molecule has 3 aliphatic rings. The van der Waals surface area contributed by atoms with Gasteiger partial charge >= 0.3 is 5.97 Å². The predicted octanol–water partition coefficient (Wildman–Crippen LogP) is 3.17. The van der Waals surface area contributed by atoms with Crippen LogP contribution in [-0.4, -0.2) is 67.2 Å². The number of morpholine rings is 1. The van der Waals surface area contributed by atoms with Crippen molar-refractivity contribution >= 4 is 23.3 Å². The van der Waals surface area contributed by atoms with Gasteiger partial charge in [-0.1, -0.05) is 13.8 Å². The lowest BCUT2D eigenvalue weighted by Gasteiger charge is -2.29. The maximum atomic E-state index is 12.0. The van der Waals surface area contributed by atoms with Gasteiger partial charge in [0, 0.05) is 44.6 Å². The van der Waals surface area contributed by atoms with Crippen LogP contribution in [0.5, 0.6) is 5.75 Å². The van der Waals surface area contributed by atoms with E-state index in [9.17, 15) is 9.90 Å². The normalized spacial score (nSPS) is 20.8. The van der Waals surface area contributed by atoms with Crippen molar-refractivity contribution in [2.45, 2.75) is 32.7 Å². The molecule has 2 aromatic rings. The predicted molar refractivity (Wildman–Crippen MR) is 130 cm³/mol. The molecule has 10 heteroatoms. The van der Waals surface area contributed by atoms with Gasteiger partial charge < -0.3 is 24.2 Å². The molecule has 35 heavy (non-hydrogen) atoms. The molecular weight excluding hydrogens is 450 g/mol. The standard InChI is InChI=1S/C25H33N5O5/c1-16(2)23-22-20(35-15-17-4-9-33-10-5-17)14-19(25(31)32)27-24(22)30(28-23)18-3-6-26-21(13-18)29-7-11-34-12-8-29/h3,6,13-14,16-17,23,28H,4-5,7-12,15H2,1-2H3,(H,31,32). The number of carboxylic acids is 1. The molecule has 3 aliphatic heterocycles. The van der Waals surface area contributed by atoms with E-state index in [4.69, 9.17) is 14.2 Å². The summed E-state index contributed by atoms with van der Waals surface area (Å²) in [5.41, 5.74) is 5.25. The Balaban J connectivity index is 1.51. The van der Waals surface area contributed by atoms with Crippen molar-refractivity contribution in [3.05, 3.63) is 35.7 Å². The largest absolute Gasteiger partial charge is 0.493 e. The summed E-state index contributed by atoms with van der Waals surface area (Å²) < 4.78 is 17.2. The number of carboxylic acid groups (broad SMARTS) is 1. The number of hydrazine groups is 1. The zero-order valence-corrected chi connectivity index (χ0v) is 20.3. The van der Waals surface area contributed by atoms with E-state index in [0.29, 0.717) is 37.3 Å². The second kappa shape index (κ2) is 10.3. The zero-order chi connectivity index (χ0) is 24.4. The molecule has 5 heterocycles. The summed E-state index contributed by atoms with van der Waals surface area (Å²) in [5, 5.41) is 11.7. The Morgan fingerprint density at radius 1 is 1.20 bits per heavy atom. The molecule has 0 aromatic carbocycles. The van der Waals surface area contributed by atoms with Gasteiger partial charge in [0.15, 0.2) is 11.5 Å². The van der Waals surface area contributed by atoms with Crippen LogP contribution in [0.4, 0.5) is 17.3 Å². The summed E-state index contributed by atoms with van der Waals surface area (Å²) in [4.78, 5) is 23.3. The van der Waals surface area contributed by atoms with Crippen LogP contribution >= 0.6 is 0 Å². The molecule has 0 bridgehead atoms. The number of anilines is 3. The number of hydrogen-bond donors (Lipinski definition) is 2. The summed E-state index contributed by atoms with van der Waals surface area (Å²) in [6.07, 6.45) is 3.66. The Bertz CT molecular complexity index is 1050. The molecule has 5 rings (SSSR count). The van der Waals surface area contributed by atoms with Crippen LogP contribution in [0.1, 0.15) is 48.8 Å². The number of ether oxygens (including phenoxy) is 3. The maximum Gasteiger partial charge on any atom is 0.354 e. The molecular formula is C25H33N5O5. The van der Waals surface area contributed by atoms with Gasteiger partial charge in [0.2, 0.25) is 0 Å². The molecule has 0 amide bonds. The molecule has 10 nitrogen and oxygen atoms in total. The molecule has 2 saturated heterocycles. The van der Waals surface area contributed by atoms with Gasteiger partial charge in [-0.3, -0.25) is 5.01 Å². The van der Waals surface area contributed by atoms with E-state index in [1.54, 1.807) is 12.3 Å². The fourth-order valence-corrected chi connectivity index (χ4v) is 4.79. The van der Waals surface area contributed by atoms with Crippen molar-refractivity contribution in [3.8, 4) is 5.75 Å². The molecule has 0 radical (unpaired) electrons. The molecule has 0 spiro atoms. The lowest BCUT2D eigenvalue weighted by atomic mass is 9.97. The number of carbonyl (C=O) groups is 1. The minimum atomic E-state index is -1.08. The third-order valence-electron chi connectivity index (χ3n) is 6.82. The first-order chi connectivity index (χ1) is 17.0. The van der Waals surface area contributed by atoms with E-state index in [1.165, 1.54) is 0 Å². The highest BCUT2D eigenvalue weighted by Crippen LogP contribution is 2.45. The fourth-order valence-electron chi connectivity index (χ4n) is 4.79.